The van der Waals surface area contributed by atoms with Gasteiger partial charge in [0.1, 0.15) is 12.4 Å². The normalized spacial score (nSPS) is 14.6. The topological polar surface area (TPSA) is 12.5 Å². The molecule has 0 aromatic heterocycles. The molecule has 2 aromatic rings. The number of nitrogens with zero attached hydrogens (tertiary/aromatic N) is 1. The summed E-state index contributed by atoms with van der Waals surface area (Å²) in [5.74, 6) is 1.62. The third-order valence-electron chi connectivity index (χ3n) is 5.10. The molecule has 1 heterocycles. The van der Waals surface area contributed by atoms with E-state index < -0.39 is 0 Å². The molecule has 0 atom stereocenters. The summed E-state index contributed by atoms with van der Waals surface area (Å²) in [7, 11) is 4.24. The van der Waals surface area contributed by atoms with E-state index in [4.69, 9.17) is 4.74 Å². The van der Waals surface area contributed by atoms with E-state index in [0.29, 0.717) is 12.5 Å². The molecule has 3 rings (SSSR count). The standard InChI is InChI=1S/C26H33NO/c1-19(2)15-20(3)16-21-12-13-26-25(17-21)24(11-8-14-27(4)5)23-10-7-6-9-22(23)18-28-26/h6-7,9-13,17,19H,3,8,14-16,18H2,1-2,4-5H3/b24-11-. The molecule has 0 spiro atoms. The molecule has 0 saturated carbocycles. The first kappa shape index (κ1) is 20.4. The summed E-state index contributed by atoms with van der Waals surface area (Å²) in [6.45, 7) is 10.4. The van der Waals surface area contributed by atoms with E-state index in [1.807, 2.05) is 0 Å². The molecular weight excluding hydrogens is 342 g/mol. The Balaban J connectivity index is 1.98. The van der Waals surface area contributed by atoms with Crippen LogP contribution in [0.25, 0.3) is 5.57 Å². The number of hydrogen-bond donors (Lipinski definition) is 0. The lowest BCUT2D eigenvalue weighted by Crippen LogP contribution is -2.12. The monoisotopic (exact) mass is 375 g/mol. The van der Waals surface area contributed by atoms with Gasteiger partial charge in [-0.2, -0.15) is 0 Å². The minimum absolute atomic E-state index is 0.619. The maximum absolute atomic E-state index is 6.18. The van der Waals surface area contributed by atoms with E-state index >= 15 is 0 Å². The Kier molecular flexibility index (Phi) is 6.74. The van der Waals surface area contributed by atoms with Gasteiger partial charge in [0.15, 0.2) is 0 Å². The number of benzene rings is 2. The van der Waals surface area contributed by atoms with E-state index in [-0.39, 0.29) is 0 Å². The van der Waals surface area contributed by atoms with Crippen LogP contribution in [-0.2, 0) is 13.0 Å². The summed E-state index contributed by atoms with van der Waals surface area (Å²) in [6, 6.07) is 15.3. The fraction of sp³-hybridized carbons (Fsp3) is 0.385. The second-order valence-electron chi connectivity index (χ2n) is 8.51. The Hall–Kier alpha value is -2.32. The van der Waals surface area contributed by atoms with Gasteiger partial charge >= 0.3 is 0 Å². The van der Waals surface area contributed by atoms with Crippen molar-refractivity contribution in [3.05, 3.63) is 82.9 Å². The minimum Gasteiger partial charge on any atom is -0.488 e. The highest BCUT2D eigenvalue weighted by molar-refractivity contribution is 5.85. The molecule has 0 N–H and O–H groups in total. The average Bonchev–Trinajstić information content (AvgIpc) is 2.78. The highest BCUT2D eigenvalue weighted by Gasteiger charge is 2.19. The molecule has 1 aliphatic heterocycles. The van der Waals surface area contributed by atoms with Gasteiger partial charge in [-0.1, -0.05) is 62.4 Å². The lowest BCUT2D eigenvalue weighted by molar-refractivity contribution is 0.307. The van der Waals surface area contributed by atoms with Crippen LogP contribution in [0.4, 0.5) is 0 Å². The second kappa shape index (κ2) is 9.25. The number of fused-ring (bicyclic) bond motifs is 2. The van der Waals surface area contributed by atoms with Crippen molar-refractivity contribution in [1.82, 2.24) is 4.90 Å². The molecule has 0 bridgehead atoms. The molecule has 0 fully saturated rings. The van der Waals surface area contributed by atoms with Gasteiger partial charge in [0, 0.05) is 12.1 Å². The molecule has 0 unspecified atom stereocenters. The molecule has 0 aliphatic carbocycles. The van der Waals surface area contributed by atoms with E-state index in [1.54, 1.807) is 0 Å². The molecule has 0 amide bonds. The quantitative estimate of drug-likeness (QED) is 0.542. The second-order valence-corrected chi connectivity index (χ2v) is 8.51. The SMILES string of the molecule is C=C(Cc1ccc2c(c1)/C(=C\CCN(C)C)c1ccccc1CO2)CC(C)C. The lowest BCUT2D eigenvalue weighted by Gasteiger charge is -2.15. The van der Waals surface area contributed by atoms with Crippen LogP contribution in [-0.4, -0.2) is 25.5 Å². The van der Waals surface area contributed by atoms with Crippen molar-refractivity contribution < 1.29 is 4.74 Å². The van der Waals surface area contributed by atoms with Crippen LogP contribution in [0, 0.1) is 5.92 Å². The van der Waals surface area contributed by atoms with Gasteiger partial charge < -0.3 is 9.64 Å². The largest absolute Gasteiger partial charge is 0.488 e. The van der Waals surface area contributed by atoms with Crippen molar-refractivity contribution >= 4 is 5.57 Å². The van der Waals surface area contributed by atoms with Crippen LogP contribution >= 0.6 is 0 Å². The first-order valence-electron chi connectivity index (χ1n) is 10.3. The van der Waals surface area contributed by atoms with E-state index in [2.05, 4.69) is 88.0 Å². The summed E-state index contributed by atoms with van der Waals surface area (Å²) in [5.41, 5.74) is 7.65. The third-order valence-corrected chi connectivity index (χ3v) is 5.10. The molecule has 2 nitrogen and oxygen atoms in total. The number of hydrogen-bond acceptors (Lipinski definition) is 2. The molecule has 0 saturated heterocycles. The molecule has 2 aromatic carbocycles. The number of rotatable bonds is 7. The Morgan fingerprint density at radius 2 is 1.93 bits per heavy atom. The average molecular weight is 376 g/mol. The Morgan fingerprint density at radius 1 is 1.14 bits per heavy atom. The predicted octanol–water partition coefficient (Wildman–Crippen LogP) is 6.11. The molecule has 28 heavy (non-hydrogen) atoms. The summed E-state index contributed by atoms with van der Waals surface area (Å²) in [4.78, 5) is 2.23. The van der Waals surface area contributed by atoms with Crippen LogP contribution in [0.3, 0.4) is 0 Å². The first-order chi connectivity index (χ1) is 13.4. The fourth-order valence-electron chi connectivity index (χ4n) is 3.86. The van der Waals surface area contributed by atoms with Gasteiger partial charge in [-0.05, 0) is 73.7 Å². The molecule has 148 valence electrons. The number of allylic oxidation sites excluding steroid dienone is 1. The Morgan fingerprint density at radius 3 is 2.68 bits per heavy atom. The Labute approximate surface area is 170 Å². The van der Waals surface area contributed by atoms with Crippen molar-refractivity contribution in [2.45, 2.75) is 39.7 Å². The van der Waals surface area contributed by atoms with Gasteiger partial charge in [-0.3, -0.25) is 0 Å². The van der Waals surface area contributed by atoms with Crippen LogP contribution in [0.2, 0.25) is 0 Å². The summed E-state index contributed by atoms with van der Waals surface area (Å²) >= 11 is 0. The smallest absolute Gasteiger partial charge is 0.127 e. The molecular formula is C26H33NO. The van der Waals surface area contributed by atoms with Gasteiger partial charge in [0.25, 0.3) is 0 Å². The zero-order valence-corrected chi connectivity index (χ0v) is 17.8. The van der Waals surface area contributed by atoms with Crippen molar-refractivity contribution in [1.29, 1.82) is 0 Å². The Bertz CT molecular complexity index is 860. The molecule has 2 heteroatoms. The van der Waals surface area contributed by atoms with Gasteiger partial charge in [-0.25, -0.2) is 0 Å². The highest BCUT2D eigenvalue weighted by atomic mass is 16.5. The van der Waals surface area contributed by atoms with Crippen molar-refractivity contribution in [2.75, 3.05) is 20.6 Å². The third kappa shape index (κ3) is 5.14. The molecule has 1 aliphatic rings. The van der Waals surface area contributed by atoms with Crippen molar-refractivity contribution in [3.8, 4) is 5.75 Å². The predicted molar refractivity (Wildman–Crippen MR) is 120 cm³/mol. The van der Waals surface area contributed by atoms with Gasteiger partial charge in [-0.15, -0.1) is 0 Å². The van der Waals surface area contributed by atoms with Gasteiger partial charge in [0.05, 0.1) is 0 Å². The van der Waals surface area contributed by atoms with Crippen molar-refractivity contribution in [3.63, 3.8) is 0 Å². The summed E-state index contributed by atoms with van der Waals surface area (Å²) in [6.07, 6.45) is 5.39. The van der Waals surface area contributed by atoms with E-state index in [9.17, 15) is 0 Å². The maximum Gasteiger partial charge on any atom is 0.127 e. The maximum atomic E-state index is 6.18. The zero-order valence-electron chi connectivity index (χ0n) is 17.8. The highest BCUT2D eigenvalue weighted by Crippen LogP contribution is 2.38. The van der Waals surface area contributed by atoms with Gasteiger partial charge in [0.2, 0.25) is 0 Å². The number of ether oxygens (including phenoxy) is 1. The minimum atomic E-state index is 0.619. The fourth-order valence-corrected chi connectivity index (χ4v) is 3.86. The summed E-state index contributed by atoms with van der Waals surface area (Å²) < 4.78 is 6.18. The van der Waals surface area contributed by atoms with E-state index in [1.165, 1.54) is 33.4 Å². The lowest BCUT2D eigenvalue weighted by atomic mass is 9.91. The summed E-state index contributed by atoms with van der Waals surface area (Å²) in [5, 5.41) is 0. The van der Waals surface area contributed by atoms with Crippen LogP contribution in [0.1, 0.15) is 48.9 Å². The first-order valence-corrected chi connectivity index (χ1v) is 10.3. The van der Waals surface area contributed by atoms with Crippen LogP contribution < -0.4 is 4.74 Å². The van der Waals surface area contributed by atoms with Crippen LogP contribution in [0.15, 0.2) is 60.7 Å². The zero-order chi connectivity index (χ0) is 20.1. The van der Waals surface area contributed by atoms with E-state index in [0.717, 1.165) is 31.6 Å². The van der Waals surface area contributed by atoms with Crippen LogP contribution in [0.5, 0.6) is 5.75 Å². The molecule has 0 radical (unpaired) electrons. The van der Waals surface area contributed by atoms with Crippen molar-refractivity contribution in [2.24, 2.45) is 5.92 Å².